The normalized spacial score (nSPS) is 7.57. The Bertz CT molecular complexity index is 83.0. The molecule has 0 aromatic carbocycles. The molecule has 0 spiro atoms. The van der Waals surface area contributed by atoms with Gasteiger partial charge in [0.05, 0.1) is 6.54 Å². The van der Waals surface area contributed by atoms with Crippen LogP contribution in [0.5, 0.6) is 0 Å². The van der Waals surface area contributed by atoms with E-state index in [1.54, 1.807) is 0 Å². The van der Waals surface area contributed by atoms with Gasteiger partial charge in [0.2, 0.25) is 0 Å². The lowest BCUT2D eigenvalue weighted by molar-refractivity contribution is 0.261. The highest BCUT2D eigenvalue weighted by atomic mass is 35.5. The fourth-order valence-electron chi connectivity index (χ4n) is 0.131. The largest absolute Gasteiger partial charge is 0.338 e. The number of carbonyl (C=O) groups is 1. The van der Waals surface area contributed by atoms with Crippen LogP contribution >= 0.6 is 11.6 Å². The van der Waals surface area contributed by atoms with Gasteiger partial charge in [-0.15, -0.1) is 0 Å². The van der Waals surface area contributed by atoms with Gasteiger partial charge in [-0.2, -0.15) is 0 Å². The molecule has 0 aromatic rings. The van der Waals surface area contributed by atoms with E-state index < -0.39 is 5.37 Å². The maximum Gasteiger partial charge on any atom is 0.314 e. The molecule has 0 aromatic heterocycles. The average molecular weight is 121 g/mol. The van der Waals surface area contributed by atoms with Crippen LogP contribution in [-0.2, 0) is 0 Å². The second kappa shape index (κ2) is 3.61. The first-order valence-electron chi connectivity index (χ1n) is 1.69. The lowest BCUT2D eigenvalue weighted by Crippen LogP contribution is -2.17. The molecule has 0 saturated carbocycles. The molecule has 2 N–H and O–H groups in total. The SMILES string of the molecule is N=CCNC(=O)Cl. The van der Waals surface area contributed by atoms with Crippen molar-refractivity contribution in [3.63, 3.8) is 0 Å². The van der Waals surface area contributed by atoms with Crippen LogP contribution in [0.4, 0.5) is 4.79 Å². The van der Waals surface area contributed by atoms with Crippen molar-refractivity contribution >= 4 is 23.2 Å². The molecule has 0 fully saturated rings. The Morgan fingerprint density at radius 2 is 2.57 bits per heavy atom. The summed E-state index contributed by atoms with van der Waals surface area (Å²) in [6, 6.07) is 0. The van der Waals surface area contributed by atoms with E-state index >= 15 is 0 Å². The van der Waals surface area contributed by atoms with Crippen molar-refractivity contribution in [3.8, 4) is 0 Å². The molecule has 40 valence electrons. The minimum Gasteiger partial charge on any atom is -0.338 e. The maximum absolute atomic E-state index is 9.75. The first-order valence-corrected chi connectivity index (χ1v) is 2.07. The molecule has 4 heteroatoms. The second-order valence-corrected chi connectivity index (χ2v) is 1.20. The molecule has 0 aliphatic rings. The van der Waals surface area contributed by atoms with E-state index in [2.05, 4.69) is 5.32 Å². The number of hydrogen-bond acceptors (Lipinski definition) is 2. The summed E-state index contributed by atoms with van der Waals surface area (Å²) in [5.74, 6) is 0. The Labute approximate surface area is 46.2 Å². The van der Waals surface area contributed by atoms with Crippen LogP contribution in [0.3, 0.4) is 0 Å². The third kappa shape index (κ3) is 5.43. The minimum absolute atomic E-state index is 0.211. The van der Waals surface area contributed by atoms with Gasteiger partial charge in [0, 0.05) is 6.21 Å². The van der Waals surface area contributed by atoms with Crippen LogP contribution < -0.4 is 5.32 Å². The molecule has 0 rings (SSSR count). The monoisotopic (exact) mass is 120 g/mol. The second-order valence-electron chi connectivity index (χ2n) is 0.859. The van der Waals surface area contributed by atoms with E-state index in [0.717, 1.165) is 6.21 Å². The lowest BCUT2D eigenvalue weighted by atomic mass is 10.7. The summed E-state index contributed by atoms with van der Waals surface area (Å²) in [5, 5.41) is 7.95. The van der Waals surface area contributed by atoms with Crippen molar-refractivity contribution in [3.05, 3.63) is 0 Å². The van der Waals surface area contributed by atoms with E-state index in [-0.39, 0.29) is 6.54 Å². The van der Waals surface area contributed by atoms with Crippen LogP contribution in [0, 0.1) is 5.41 Å². The van der Waals surface area contributed by atoms with Crippen molar-refractivity contribution in [2.24, 2.45) is 0 Å². The first-order chi connectivity index (χ1) is 3.27. The van der Waals surface area contributed by atoms with Crippen LogP contribution in [0.25, 0.3) is 0 Å². The van der Waals surface area contributed by atoms with Crippen LogP contribution in [0.15, 0.2) is 0 Å². The predicted octanol–water partition coefficient (Wildman–Crippen LogP) is 0.584. The molecular formula is C3H5ClN2O. The molecule has 0 unspecified atom stereocenters. The van der Waals surface area contributed by atoms with E-state index in [1.807, 2.05) is 0 Å². The van der Waals surface area contributed by atoms with Crippen LogP contribution in [0.2, 0.25) is 0 Å². The van der Waals surface area contributed by atoms with Gasteiger partial charge in [-0.3, -0.25) is 4.79 Å². The summed E-state index contributed by atoms with van der Waals surface area (Å²) >= 11 is 4.80. The first kappa shape index (κ1) is 6.43. The predicted molar refractivity (Wildman–Crippen MR) is 28.0 cm³/mol. The van der Waals surface area contributed by atoms with E-state index in [1.165, 1.54) is 0 Å². The lowest BCUT2D eigenvalue weighted by Gasteiger charge is -1.87. The van der Waals surface area contributed by atoms with Crippen molar-refractivity contribution < 1.29 is 4.79 Å². The van der Waals surface area contributed by atoms with Gasteiger partial charge in [0.15, 0.2) is 0 Å². The quantitative estimate of drug-likeness (QED) is 0.313. The summed E-state index contributed by atoms with van der Waals surface area (Å²) in [4.78, 5) is 9.75. The van der Waals surface area contributed by atoms with Gasteiger partial charge >= 0.3 is 5.37 Å². The Kier molecular flexibility index (Phi) is 3.32. The molecule has 0 heterocycles. The third-order valence-corrected chi connectivity index (χ3v) is 0.477. The van der Waals surface area contributed by atoms with Gasteiger partial charge in [-0.1, -0.05) is 0 Å². The number of carbonyl (C=O) groups excluding carboxylic acids is 1. The maximum atomic E-state index is 9.75. The summed E-state index contributed by atoms with van der Waals surface area (Å²) in [7, 11) is 0. The molecule has 3 nitrogen and oxygen atoms in total. The molecule has 1 amide bonds. The van der Waals surface area contributed by atoms with Gasteiger partial charge in [0.25, 0.3) is 0 Å². The molecule has 0 aliphatic carbocycles. The zero-order valence-corrected chi connectivity index (χ0v) is 4.33. The van der Waals surface area contributed by atoms with Crippen molar-refractivity contribution in [2.45, 2.75) is 0 Å². The smallest absolute Gasteiger partial charge is 0.314 e. The highest BCUT2D eigenvalue weighted by Gasteiger charge is 1.85. The third-order valence-electron chi connectivity index (χ3n) is 0.343. The number of nitrogens with one attached hydrogen (secondary N) is 2. The Hall–Kier alpha value is -0.570. The molecule has 0 aliphatic heterocycles. The Morgan fingerprint density at radius 1 is 2.00 bits per heavy atom. The average Bonchev–Trinajstić information content (AvgIpc) is 1.61. The molecule has 0 bridgehead atoms. The topological polar surface area (TPSA) is 53.0 Å². The van der Waals surface area contributed by atoms with Gasteiger partial charge < -0.3 is 10.7 Å². The molecular weight excluding hydrogens is 115 g/mol. The number of rotatable bonds is 2. The van der Waals surface area contributed by atoms with Gasteiger partial charge in [-0.25, -0.2) is 0 Å². The van der Waals surface area contributed by atoms with Crippen LogP contribution in [0.1, 0.15) is 0 Å². The van der Waals surface area contributed by atoms with Crippen molar-refractivity contribution in [1.82, 2.24) is 5.32 Å². The Morgan fingerprint density at radius 3 is 2.71 bits per heavy atom. The fourth-order valence-corrected chi connectivity index (χ4v) is 0.208. The van der Waals surface area contributed by atoms with Gasteiger partial charge in [0.1, 0.15) is 0 Å². The van der Waals surface area contributed by atoms with Crippen molar-refractivity contribution in [1.29, 1.82) is 5.41 Å². The van der Waals surface area contributed by atoms with Crippen molar-refractivity contribution in [2.75, 3.05) is 6.54 Å². The highest BCUT2D eigenvalue weighted by molar-refractivity contribution is 6.63. The van der Waals surface area contributed by atoms with Crippen LogP contribution in [-0.4, -0.2) is 18.1 Å². The Balaban J connectivity index is 2.97. The zero-order valence-electron chi connectivity index (χ0n) is 3.57. The summed E-state index contributed by atoms with van der Waals surface area (Å²) < 4.78 is 0. The zero-order chi connectivity index (χ0) is 5.70. The summed E-state index contributed by atoms with van der Waals surface area (Å²) in [6.45, 7) is 0.211. The standard InChI is InChI=1S/C3H5ClN2O/c4-3(7)6-2-1-5/h1,5H,2H2,(H,6,7). The molecule has 0 radical (unpaired) electrons. The van der Waals surface area contributed by atoms with Gasteiger partial charge in [-0.05, 0) is 11.6 Å². The number of halogens is 1. The minimum atomic E-state index is -0.622. The van der Waals surface area contributed by atoms with E-state index in [0.29, 0.717) is 0 Å². The van der Waals surface area contributed by atoms with E-state index in [4.69, 9.17) is 17.0 Å². The number of amides is 1. The highest BCUT2D eigenvalue weighted by Crippen LogP contribution is 1.71. The summed E-state index contributed by atoms with van der Waals surface area (Å²) in [5.41, 5.74) is 0. The molecule has 0 atom stereocenters. The number of hydrogen-bond donors (Lipinski definition) is 2. The fraction of sp³-hybridized carbons (Fsp3) is 0.333. The van der Waals surface area contributed by atoms with E-state index in [9.17, 15) is 4.79 Å². The molecule has 0 saturated heterocycles. The molecule has 7 heavy (non-hydrogen) atoms. The summed E-state index contributed by atoms with van der Waals surface area (Å²) in [6.07, 6.45) is 1.06.